The predicted molar refractivity (Wildman–Crippen MR) is 79.8 cm³/mol. The minimum Gasteiger partial charge on any atom is -0.382 e. The van der Waals surface area contributed by atoms with E-state index in [1.165, 1.54) is 32.8 Å². The van der Waals surface area contributed by atoms with Gasteiger partial charge in [-0.1, -0.05) is 12.5 Å². The molecule has 3 atom stereocenters. The van der Waals surface area contributed by atoms with Crippen molar-refractivity contribution in [1.29, 1.82) is 0 Å². The highest BCUT2D eigenvalue weighted by atomic mass is 16.5. The van der Waals surface area contributed by atoms with Crippen LogP contribution >= 0.6 is 0 Å². The first kappa shape index (κ1) is 13.4. The molecule has 0 radical (unpaired) electrons. The predicted octanol–water partition coefficient (Wildman–Crippen LogP) is 2.87. The molecule has 2 N–H and O–H groups in total. The standard InChI is InChI=1S/C16H22N2O2/c1-20-10-16(19)18-14-4-2-3-13(9-14)17-15-8-11-5-6-12(15)7-11/h2-4,9,11-12,15,17H,5-8,10H2,1H3,(H,18,19). The van der Waals surface area contributed by atoms with E-state index in [0.717, 1.165) is 23.2 Å². The van der Waals surface area contributed by atoms with Gasteiger partial charge in [0.05, 0.1) is 0 Å². The Labute approximate surface area is 119 Å². The molecule has 1 aromatic carbocycles. The first-order chi connectivity index (χ1) is 9.74. The minimum atomic E-state index is -0.121. The minimum absolute atomic E-state index is 0.0873. The number of benzene rings is 1. The topological polar surface area (TPSA) is 50.4 Å². The Kier molecular flexibility index (Phi) is 3.92. The van der Waals surface area contributed by atoms with E-state index in [1.807, 2.05) is 18.2 Å². The molecule has 2 aliphatic carbocycles. The lowest BCUT2D eigenvalue weighted by atomic mass is 9.95. The highest BCUT2D eigenvalue weighted by Gasteiger charge is 2.39. The molecule has 2 bridgehead atoms. The molecule has 0 spiro atoms. The fourth-order valence-electron chi connectivity index (χ4n) is 3.65. The number of fused-ring (bicyclic) bond motifs is 2. The number of carbonyl (C=O) groups is 1. The molecule has 3 rings (SSSR count). The van der Waals surface area contributed by atoms with E-state index >= 15 is 0 Å². The van der Waals surface area contributed by atoms with Crippen LogP contribution in [0.25, 0.3) is 0 Å². The van der Waals surface area contributed by atoms with Crippen LogP contribution in [0.3, 0.4) is 0 Å². The van der Waals surface area contributed by atoms with Crippen LogP contribution in [0, 0.1) is 11.8 Å². The lowest BCUT2D eigenvalue weighted by molar-refractivity contribution is -0.119. The van der Waals surface area contributed by atoms with Gasteiger partial charge in [-0.25, -0.2) is 0 Å². The second-order valence-electron chi connectivity index (χ2n) is 5.99. The number of hydrogen-bond acceptors (Lipinski definition) is 3. The van der Waals surface area contributed by atoms with Crippen molar-refractivity contribution in [3.63, 3.8) is 0 Å². The maximum atomic E-state index is 11.5. The Morgan fingerprint density at radius 2 is 2.15 bits per heavy atom. The molecule has 2 fully saturated rings. The van der Waals surface area contributed by atoms with Crippen molar-refractivity contribution in [3.05, 3.63) is 24.3 Å². The SMILES string of the molecule is COCC(=O)Nc1cccc(NC2CC3CCC2C3)c1. The molecule has 0 heterocycles. The van der Waals surface area contributed by atoms with Crippen LogP contribution in [0.5, 0.6) is 0 Å². The van der Waals surface area contributed by atoms with Crippen LogP contribution in [0.4, 0.5) is 11.4 Å². The average Bonchev–Trinajstić information content (AvgIpc) is 3.01. The normalized spacial score (nSPS) is 27.6. The quantitative estimate of drug-likeness (QED) is 0.868. The van der Waals surface area contributed by atoms with Crippen molar-refractivity contribution in [2.24, 2.45) is 11.8 Å². The van der Waals surface area contributed by atoms with E-state index in [2.05, 4.69) is 16.7 Å². The second-order valence-corrected chi connectivity index (χ2v) is 5.99. The summed E-state index contributed by atoms with van der Waals surface area (Å²) in [6.07, 6.45) is 5.47. The maximum Gasteiger partial charge on any atom is 0.250 e. The Morgan fingerprint density at radius 3 is 2.85 bits per heavy atom. The van der Waals surface area contributed by atoms with Gasteiger partial charge in [0, 0.05) is 24.5 Å². The first-order valence-electron chi connectivity index (χ1n) is 7.40. The van der Waals surface area contributed by atoms with Gasteiger partial charge < -0.3 is 15.4 Å². The zero-order valence-corrected chi connectivity index (χ0v) is 11.9. The van der Waals surface area contributed by atoms with Crippen molar-refractivity contribution >= 4 is 17.3 Å². The fraction of sp³-hybridized carbons (Fsp3) is 0.562. The average molecular weight is 274 g/mol. The third kappa shape index (κ3) is 2.96. The third-order valence-electron chi connectivity index (χ3n) is 4.51. The Balaban J connectivity index is 1.61. The van der Waals surface area contributed by atoms with Gasteiger partial charge in [0.15, 0.2) is 0 Å². The number of nitrogens with one attached hydrogen (secondary N) is 2. The second kappa shape index (κ2) is 5.83. The van der Waals surface area contributed by atoms with Crippen molar-refractivity contribution in [3.8, 4) is 0 Å². The Hall–Kier alpha value is -1.55. The molecule has 0 aliphatic heterocycles. The van der Waals surface area contributed by atoms with Gasteiger partial charge >= 0.3 is 0 Å². The summed E-state index contributed by atoms with van der Waals surface area (Å²) in [7, 11) is 1.52. The highest BCUT2D eigenvalue weighted by molar-refractivity contribution is 5.92. The summed E-state index contributed by atoms with van der Waals surface area (Å²) in [6, 6.07) is 8.55. The lowest BCUT2D eigenvalue weighted by Gasteiger charge is -2.24. The van der Waals surface area contributed by atoms with Crippen LogP contribution < -0.4 is 10.6 Å². The Morgan fingerprint density at radius 1 is 1.30 bits per heavy atom. The van der Waals surface area contributed by atoms with E-state index in [-0.39, 0.29) is 12.5 Å². The van der Waals surface area contributed by atoms with Crippen molar-refractivity contribution in [2.75, 3.05) is 24.4 Å². The molecule has 0 aromatic heterocycles. The molecule has 2 saturated carbocycles. The van der Waals surface area contributed by atoms with Gasteiger partial charge in [-0.05, 0) is 49.3 Å². The summed E-state index contributed by atoms with van der Waals surface area (Å²) in [5, 5.41) is 6.47. The lowest BCUT2D eigenvalue weighted by Crippen LogP contribution is -2.25. The molecule has 1 aromatic rings. The summed E-state index contributed by atoms with van der Waals surface area (Å²) < 4.78 is 4.82. The molecule has 4 nitrogen and oxygen atoms in total. The van der Waals surface area contributed by atoms with E-state index in [9.17, 15) is 4.79 Å². The summed E-state index contributed by atoms with van der Waals surface area (Å²) in [5.41, 5.74) is 1.91. The number of methoxy groups -OCH3 is 1. The number of carbonyl (C=O) groups excluding carboxylic acids is 1. The smallest absolute Gasteiger partial charge is 0.250 e. The van der Waals surface area contributed by atoms with E-state index in [0.29, 0.717) is 6.04 Å². The highest BCUT2D eigenvalue weighted by Crippen LogP contribution is 2.45. The van der Waals surface area contributed by atoms with Crippen molar-refractivity contribution in [1.82, 2.24) is 0 Å². The summed E-state index contributed by atoms with van der Waals surface area (Å²) in [5.74, 6) is 1.65. The van der Waals surface area contributed by atoms with Crippen LogP contribution in [0.1, 0.15) is 25.7 Å². The molecule has 2 aliphatic rings. The summed E-state index contributed by atoms with van der Waals surface area (Å²) >= 11 is 0. The largest absolute Gasteiger partial charge is 0.382 e. The van der Waals surface area contributed by atoms with Gasteiger partial charge in [-0.3, -0.25) is 4.79 Å². The van der Waals surface area contributed by atoms with Crippen molar-refractivity contribution in [2.45, 2.75) is 31.7 Å². The zero-order chi connectivity index (χ0) is 13.9. The molecule has 1 amide bonds. The Bertz CT molecular complexity index is 489. The van der Waals surface area contributed by atoms with Crippen LogP contribution in [0.15, 0.2) is 24.3 Å². The van der Waals surface area contributed by atoms with Gasteiger partial charge in [-0.15, -0.1) is 0 Å². The van der Waals surface area contributed by atoms with Crippen LogP contribution in [-0.4, -0.2) is 25.7 Å². The number of amides is 1. The van der Waals surface area contributed by atoms with Crippen LogP contribution in [-0.2, 0) is 9.53 Å². The third-order valence-corrected chi connectivity index (χ3v) is 4.51. The maximum absolute atomic E-state index is 11.5. The summed E-state index contributed by atoms with van der Waals surface area (Å²) in [6.45, 7) is 0.0873. The number of anilines is 2. The molecule has 108 valence electrons. The summed E-state index contributed by atoms with van der Waals surface area (Å²) in [4.78, 5) is 11.5. The number of ether oxygens (including phenoxy) is 1. The fourth-order valence-corrected chi connectivity index (χ4v) is 3.65. The van der Waals surface area contributed by atoms with Gasteiger partial charge in [0.2, 0.25) is 5.91 Å². The van der Waals surface area contributed by atoms with Crippen molar-refractivity contribution < 1.29 is 9.53 Å². The monoisotopic (exact) mass is 274 g/mol. The number of rotatable bonds is 5. The van der Waals surface area contributed by atoms with Gasteiger partial charge in [-0.2, -0.15) is 0 Å². The molecule has 0 saturated heterocycles. The molecule has 4 heteroatoms. The van der Waals surface area contributed by atoms with E-state index in [4.69, 9.17) is 4.74 Å². The molecule has 20 heavy (non-hydrogen) atoms. The molecular weight excluding hydrogens is 252 g/mol. The molecule has 3 unspecified atom stereocenters. The van der Waals surface area contributed by atoms with Crippen LogP contribution in [0.2, 0.25) is 0 Å². The van der Waals surface area contributed by atoms with E-state index < -0.39 is 0 Å². The zero-order valence-electron chi connectivity index (χ0n) is 11.9. The molecular formula is C16H22N2O2. The first-order valence-corrected chi connectivity index (χ1v) is 7.40. The number of hydrogen-bond donors (Lipinski definition) is 2. The van der Waals surface area contributed by atoms with Gasteiger partial charge in [0.1, 0.15) is 6.61 Å². The van der Waals surface area contributed by atoms with E-state index in [1.54, 1.807) is 0 Å². The van der Waals surface area contributed by atoms with Gasteiger partial charge in [0.25, 0.3) is 0 Å².